The molecule has 0 radical (unpaired) electrons. The fraction of sp³-hybridized carbons (Fsp3) is 0.375. The summed E-state index contributed by atoms with van der Waals surface area (Å²) in [5.74, 6) is 0. The number of nitrogens with zero attached hydrogens (tertiary/aromatic N) is 1. The highest BCUT2D eigenvalue weighted by atomic mass is 79.9. The molecule has 1 aliphatic carbocycles. The first-order valence-corrected chi connectivity index (χ1v) is 4.83. The molecule has 0 atom stereocenters. The first-order chi connectivity index (χ1) is 5.62. The van der Waals surface area contributed by atoms with Gasteiger partial charge in [0.15, 0.2) is 0 Å². The molecule has 0 aromatic carbocycles. The van der Waals surface area contributed by atoms with E-state index < -0.39 is 5.60 Å². The van der Waals surface area contributed by atoms with Crippen LogP contribution in [0, 0.1) is 0 Å². The molecular weight excluding hydrogens is 241 g/mol. The van der Waals surface area contributed by atoms with Crippen LogP contribution in [0.25, 0.3) is 0 Å². The molecule has 1 aromatic rings. The quantitative estimate of drug-likeness (QED) is 0.775. The lowest BCUT2D eigenvalue weighted by Gasteiger charge is -2.09. The van der Waals surface area contributed by atoms with Crippen LogP contribution in [0.3, 0.4) is 0 Å². The fourth-order valence-electron chi connectivity index (χ4n) is 1.14. The molecule has 12 heavy (non-hydrogen) atoms. The van der Waals surface area contributed by atoms with E-state index in [9.17, 15) is 5.11 Å². The molecular formula is C8H7BrClNO. The highest BCUT2D eigenvalue weighted by molar-refractivity contribution is 9.10. The van der Waals surface area contributed by atoms with E-state index in [1.54, 1.807) is 6.20 Å². The van der Waals surface area contributed by atoms with Crippen molar-refractivity contribution < 1.29 is 5.11 Å². The van der Waals surface area contributed by atoms with Crippen LogP contribution in [-0.4, -0.2) is 10.1 Å². The Morgan fingerprint density at radius 3 is 2.83 bits per heavy atom. The Kier molecular flexibility index (Phi) is 1.90. The molecule has 0 spiro atoms. The summed E-state index contributed by atoms with van der Waals surface area (Å²) in [6, 6.07) is 1.82. The zero-order chi connectivity index (χ0) is 8.77. The zero-order valence-corrected chi connectivity index (χ0v) is 8.56. The van der Waals surface area contributed by atoms with E-state index >= 15 is 0 Å². The van der Waals surface area contributed by atoms with Crippen LogP contribution in [0.4, 0.5) is 0 Å². The van der Waals surface area contributed by atoms with E-state index in [0.29, 0.717) is 5.15 Å². The monoisotopic (exact) mass is 247 g/mol. The molecule has 64 valence electrons. The molecule has 1 fully saturated rings. The number of aliphatic hydroxyl groups is 1. The van der Waals surface area contributed by atoms with Gasteiger partial charge in [-0.2, -0.15) is 0 Å². The fourth-order valence-corrected chi connectivity index (χ4v) is 1.75. The van der Waals surface area contributed by atoms with Gasteiger partial charge >= 0.3 is 0 Å². The lowest BCUT2D eigenvalue weighted by molar-refractivity contribution is 0.151. The lowest BCUT2D eigenvalue weighted by atomic mass is 10.1. The first kappa shape index (κ1) is 8.48. The molecule has 0 unspecified atom stereocenters. The average Bonchev–Trinajstić information content (AvgIpc) is 2.75. The van der Waals surface area contributed by atoms with Gasteiger partial charge in [-0.15, -0.1) is 0 Å². The second kappa shape index (κ2) is 2.69. The maximum atomic E-state index is 9.76. The summed E-state index contributed by atoms with van der Waals surface area (Å²) in [6.45, 7) is 0. The van der Waals surface area contributed by atoms with Crippen molar-refractivity contribution in [2.24, 2.45) is 0 Å². The smallest absolute Gasteiger partial charge is 0.135 e. The number of halogens is 2. The molecule has 1 heterocycles. The molecule has 0 saturated heterocycles. The number of pyridine rings is 1. The van der Waals surface area contributed by atoms with Gasteiger partial charge < -0.3 is 5.11 Å². The van der Waals surface area contributed by atoms with Crippen LogP contribution in [0.15, 0.2) is 16.7 Å². The summed E-state index contributed by atoms with van der Waals surface area (Å²) < 4.78 is 0.849. The molecule has 4 heteroatoms. The van der Waals surface area contributed by atoms with Gasteiger partial charge in [0.25, 0.3) is 0 Å². The van der Waals surface area contributed by atoms with Crippen LogP contribution in [0.1, 0.15) is 18.4 Å². The third-order valence-electron chi connectivity index (χ3n) is 2.03. The van der Waals surface area contributed by atoms with Gasteiger partial charge in [0.05, 0.1) is 5.60 Å². The Morgan fingerprint density at radius 1 is 1.58 bits per heavy atom. The maximum absolute atomic E-state index is 9.76. The van der Waals surface area contributed by atoms with Gasteiger partial charge in [0, 0.05) is 16.2 Å². The van der Waals surface area contributed by atoms with Crippen molar-refractivity contribution in [3.05, 3.63) is 27.5 Å². The second-order valence-corrected chi connectivity index (χ2v) is 4.30. The Morgan fingerprint density at radius 2 is 2.25 bits per heavy atom. The molecule has 0 aliphatic heterocycles. The molecule has 2 nitrogen and oxygen atoms in total. The van der Waals surface area contributed by atoms with Gasteiger partial charge in [0.2, 0.25) is 0 Å². The Bertz CT molecular complexity index is 325. The molecule has 1 saturated carbocycles. The van der Waals surface area contributed by atoms with Crippen molar-refractivity contribution in [1.29, 1.82) is 0 Å². The Balaban J connectivity index is 2.48. The van der Waals surface area contributed by atoms with Gasteiger partial charge in [-0.1, -0.05) is 11.6 Å². The summed E-state index contributed by atoms with van der Waals surface area (Å²) in [5.41, 5.74) is 0.0342. The minimum Gasteiger partial charge on any atom is -0.385 e. The summed E-state index contributed by atoms with van der Waals surface area (Å²) in [4.78, 5) is 3.94. The van der Waals surface area contributed by atoms with Gasteiger partial charge in [-0.25, -0.2) is 4.98 Å². The Hall–Kier alpha value is -0.120. The second-order valence-electron chi connectivity index (χ2n) is 3.02. The van der Waals surface area contributed by atoms with E-state index in [0.717, 1.165) is 22.9 Å². The van der Waals surface area contributed by atoms with Crippen molar-refractivity contribution in [2.45, 2.75) is 18.4 Å². The maximum Gasteiger partial charge on any atom is 0.135 e. The predicted molar refractivity (Wildman–Crippen MR) is 50.1 cm³/mol. The van der Waals surface area contributed by atoms with Crippen molar-refractivity contribution in [2.75, 3.05) is 0 Å². The molecule has 1 aromatic heterocycles. The lowest BCUT2D eigenvalue weighted by Crippen LogP contribution is -2.05. The van der Waals surface area contributed by atoms with Crippen molar-refractivity contribution in [3.63, 3.8) is 0 Å². The topological polar surface area (TPSA) is 33.1 Å². The molecule has 1 N–H and O–H groups in total. The van der Waals surface area contributed by atoms with E-state index in [4.69, 9.17) is 11.6 Å². The van der Waals surface area contributed by atoms with Gasteiger partial charge in [-0.3, -0.25) is 0 Å². The van der Waals surface area contributed by atoms with E-state index in [2.05, 4.69) is 20.9 Å². The Labute approximate surface area is 83.7 Å². The van der Waals surface area contributed by atoms with Crippen LogP contribution in [0.5, 0.6) is 0 Å². The SMILES string of the molecule is OC1(c2cc(Br)cnc2Cl)CC1. The minimum absolute atomic E-state index is 0.401. The number of hydrogen-bond donors (Lipinski definition) is 1. The van der Waals surface area contributed by atoms with Gasteiger partial charge in [-0.05, 0) is 34.8 Å². The summed E-state index contributed by atoms with van der Waals surface area (Å²) in [5, 5.41) is 10.2. The highest BCUT2D eigenvalue weighted by Gasteiger charge is 2.44. The van der Waals surface area contributed by atoms with E-state index in [1.807, 2.05) is 6.07 Å². The third-order valence-corrected chi connectivity index (χ3v) is 2.77. The summed E-state index contributed by atoms with van der Waals surface area (Å²) >= 11 is 9.11. The number of aromatic nitrogens is 1. The van der Waals surface area contributed by atoms with Crippen LogP contribution in [0.2, 0.25) is 5.15 Å². The summed E-state index contributed by atoms with van der Waals surface area (Å²) in [6.07, 6.45) is 3.19. The van der Waals surface area contributed by atoms with Gasteiger partial charge in [0.1, 0.15) is 5.15 Å². The average molecular weight is 249 g/mol. The predicted octanol–water partition coefficient (Wildman–Crippen LogP) is 2.48. The highest BCUT2D eigenvalue weighted by Crippen LogP contribution is 2.47. The molecule has 2 rings (SSSR count). The third kappa shape index (κ3) is 1.37. The zero-order valence-electron chi connectivity index (χ0n) is 6.22. The van der Waals surface area contributed by atoms with Crippen LogP contribution >= 0.6 is 27.5 Å². The van der Waals surface area contributed by atoms with Crippen molar-refractivity contribution >= 4 is 27.5 Å². The standard InChI is InChI=1S/C8H7BrClNO/c9-5-3-6(7(10)11-4-5)8(12)1-2-8/h3-4,12H,1-2H2. The first-order valence-electron chi connectivity index (χ1n) is 3.66. The van der Waals surface area contributed by atoms with Crippen LogP contribution < -0.4 is 0 Å². The van der Waals surface area contributed by atoms with Crippen molar-refractivity contribution in [1.82, 2.24) is 4.98 Å². The van der Waals surface area contributed by atoms with Crippen LogP contribution in [-0.2, 0) is 5.60 Å². The number of hydrogen-bond acceptors (Lipinski definition) is 2. The minimum atomic E-state index is -0.701. The van der Waals surface area contributed by atoms with E-state index in [-0.39, 0.29) is 0 Å². The molecule has 0 amide bonds. The largest absolute Gasteiger partial charge is 0.385 e. The number of rotatable bonds is 1. The van der Waals surface area contributed by atoms with E-state index in [1.165, 1.54) is 0 Å². The normalized spacial score (nSPS) is 19.2. The summed E-state index contributed by atoms with van der Waals surface area (Å²) in [7, 11) is 0. The van der Waals surface area contributed by atoms with Crippen molar-refractivity contribution in [3.8, 4) is 0 Å². The molecule has 1 aliphatic rings. The molecule has 0 bridgehead atoms.